The van der Waals surface area contributed by atoms with Gasteiger partial charge in [0.25, 0.3) is 0 Å². The third-order valence-corrected chi connectivity index (χ3v) is 7.30. The maximum Gasteiger partial charge on any atom is 0.410 e. The smallest absolute Gasteiger partial charge is 0.410 e. The van der Waals surface area contributed by atoms with Crippen molar-refractivity contribution in [1.29, 1.82) is 0 Å². The van der Waals surface area contributed by atoms with Gasteiger partial charge in [0, 0.05) is 18.0 Å². The van der Waals surface area contributed by atoms with Crippen LogP contribution in [0.2, 0.25) is 0 Å². The van der Waals surface area contributed by atoms with Crippen molar-refractivity contribution in [3.8, 4) is 11.1 Å². The average Bonchev–Trinajstić information content (AvgIpc) is 3.05. The van der Waals surface area contributed by atoms with Crippen LogP contribution in [0.25, 0.3) is 11.1 Å². The van der Waals surface area contributed by atoms with Crippen molar-refractivity contribution in [2.75, 3.05) is 6.61 Å². The molecule has 5 rings (SSSR count). The lowest BCUT2D eigenvalue weighted by atomic mass is 9.74. The van der Waals surface area contributed by atoms with Gasteiger partial charge in [0.1, 0.15) is 6.61 Å². The van der Waals surface area contributed by atoms with Crippen molar-refractivity contribution in [1.82, 2.24) is 4.90 Å². The van der Waals surface area contributed by atoms with Gasteiger partial charge in [-0.15, -0.1) is 0 Å². The highest BCUT2D eigenvalue weighted by Crippen LogP contribution is 2.45. The highest BCUT2D eigenvalue weighted by Gasteiger charge is 2.47. The number of rotatable bonds is 3. The third-order valence-electron chi connectivity index (χ3n) is 7.30. The van der Waals surface area contributed by atoms with Gasteiger partial charge in [0.05, 0.1) is 5.60 Å². The molecule has 4 nitrogen and oxygen atoms in total. The monoisotopic (exact) mass is 391 g/mol. The summed E-state index contributed by atoms with van der Waals surface area (Å²) in [5.41, 5.74) is 4.33. The first kappa shape index (κ1) is 18.7. The molecule has 0 aromatic heterocycles. The predicted molar refractivity (Wildman–Crippen MR) is 113 cm³/mol. The Kier molecular flexibility index (Phi) is 4.62. The summed E-state index contributed by atoms with van der Waals surface area (Å²) in [4.78, 5) is 15.1. The lowest BCUT2D eigenvalue weighted by Gasteiger charge is -2.51. The lowest BCUT2D eigenvalue weighted by Crippen LogP contribution is -2.59. The summed E-state index contributed by atoms with van der Waals surface area (Å²) in [6.07, 6.45) is 4.93. The van der Waals surface area contributed by atoms with E-state index >= 15 is 0 Å². The van der Waals surface area contributed by atoms with Crippen molar-refractivity contribution in [2.24, 2.45) is 0 Å². The van der Waals surface area contributed by atoms with Gasteiger partial charge in [-0.05, 0) is 60.8 Å². The minimum atomic E-state index is -0.629. The van der Waals surface area contributed by atoms with Crippen LogP contribution >= 0.6 is 0 Å². The molecule has 0 saturated carbocycles. The fourth-order valence-electron chi connectivity index (χ4n) is 5.78. The first-order chi connectivity index (χ1) is 14.1. The molecule has 152 valence electrons. The molecule has 3 aliphatic rings. The fourth-order valence-corrected chi connectivity index (χ4v) is 5.78. The highest BCUT2D eigenvalue weighted by atomic mass is 16.6. The number of hydrogen-bond acceptors (Lipinski definition) is 3. The van der Waals surface area contributed by atoms with E-state index in [0.717, 1.165) is 25.7 Å². The van der Waals surface area contributed by atoms with Crippen molar-refractivity contribution in [3.63, 3.8) is 0 Å². The van der Waals surface area contributed by atoms with Gasteiger partial charge in [-0.2, -0.15) is 0 Å². The minimum absolute atomic E-state index is 0.0866. The number of nitrogens with zero attached hydrogens (tertiary/aromatic N) is 1. The molecule has 2 heterocycles. The Morgan fingerprint density at radius 2 is 1.59 bits per heavy atom. The van der Waals surface area contributed by atoms with E-state index in [-0.39, 0.29) is 24.1 Å². The number of carbonyl (C=O) groups is 1. The molecule has 29 heavy (non-hydrogen) atoms. The molecule has 2 aliphatic heterocycles. The Morgan fingerprint density at radius 1 is 1.03 bits per heavy atom. The van der Waals surface area contributed by atoms with Crippen molar-refractivity contribution in [2.45, 2.75) is 69.1 Å². The molecule has 2 saturated heterocycles. The number of aliphatic hydroxyl groups is 1. The second kappa shape index (κ2) is 7.17. The molecule has 2 fully saturated rings. The van der Waals surface area contributed by atoms with E-state index in [2.05, 4.69) is 48.5 Å². The molecule has 1 amide bonds. The molecule has 2 aromatic rings. The van der Waals surface area contributed by atoms with E-state index in [0.29, 0.717) is 19.4 Å². The van der Waals surface area contributed by atoms with Crippen molar-refractivity contribution in [3.05, 3.63) is 59.7 Å². The maximum atomic E-state index is 13.1. The quantitative estimate of drug-likeness (QED) is 0.792. The number of hydrogen-bond donors (Lipinski definition) is 1. The Hall–Kier alpha value is -2.33. The van der Waals surface area contributed by atoms with Crippen LogP contribution in [0.3, 0.4) is 0 Å². The number of carbonyl (C=O) groups excluding carboxylic acids is 1. The first-order valence-electron chi connectivity index (χ1n) is 11.0. The second-order valence-electron chi connectivity index (χ2n) is 8.94. The molecule has 2 bridgehead atoms. The SMILES string of the molecule is CCC1(O)CC2CCCC(C1)N2C(=O)OCC1c2ccccc2-c2ccccc21. The van der Waals surface area contributed by atoms with Gasteiger partial charge in [0.15, 0.2) is 0 Å². The third kappa shape index (κ3) is 3.14. The molecular formula is C25H29NO3. The van der Waals surface area contributed by atoms with Gasteiger partial charge in [-0.25, -0.2) is 4.79 Å². The molecule has 0 spiro atoms. The molecule has 4 heteroatoms. The van der Waals surface area contributed by atoms with E-state index in [1.54, 1.807) is 0 Å². The molecular weight excluding hydrogens is 362 g/mol. The molecule has 2 aromatic carbocycles. The summed E-state index contributed by atoms with van der Waals surface area (Å²) in [6.45, 7) is 2.40. The summed E-state index contributed by atoms with van der Waals surface area (Å²) in [7, 11) is 0. The predicted octanol–water partition coefficient (Wildman–Crippen LogP) is 5.09. The van der Waals surface area contributed by atoms with Crippen LogP contribution in [0.1, 0.15) is 62.5 Å². The van der Waals surface area contributed by atoms with Crippen LogP contribution in [0, 0.1) is 0 Å². The van der Waals surface area contributed by atoms with Crippen LogP contribution in [0.4, 0.5) is 4.79 Å². The van der Waals surface area contributed by atoms with Gasteiger partial charge >= 0.3 is 6.09 Å². The standard InChI is InChI=1S/C25H29NO3/c1-2-25(28)14-17-8-7-9-18(15-25)26(17)24(27)29-16-23-21-12-5-3-10-19(21)20-11-4-6-13-22(20)23/h3-6,10-13,17-18,23,28H,2,7-9,14-16H2,1H3. The normalized spacial score (nSPS) is 28.0. The summed E-state index contributed by atoms with van der Waals surface area (Å²) in [5, 5.41) is 10.8. The summed E-state index contributed by atoms with van der Waals surface area (Å²) in [5.74, 6) is 0.0866. The lowest BCUT2D eigenvalue weighted by molar-refractivity contribution is -0.0861. The fraction of sp³-hybridized carbons (Fsp3) is 0.480. The Labute approximate surface area is 172 Å². The zero-order valence-corrected chi connectivity index (χ0v) is 17.0. The zero-order valence-electron chi connectivity index (χ0n) is 17.0. The number of ether oxygens (including phenoxy) is 1. The molecule has 2 unspecified atom stereocenters. The summed E-state index contributed by atoms with van der Waals surface area (Å²) < 4.78 is 5.92. The van der Waals surface area contributed by atoms with Crippen molar-refractivity contribution >= 4 is 6.09 Å². The van der Waals surface area contributed by atoms with Crippen LogP contribution in [0.5, 0.6) is 0 Å². The first-order valence-corrected chi connectivity index (χ1v) is 11.0. The second-order valence-corrected chi connectivity index (χ2v) is 8.94. The molecule has 2 atom stereocenters. The minimum Gasteiger partial charge on any atom is -0.448 e. The van der Waals surface area contributed by atoms with Crippen LogP contribution < -0.4 is 0 Å². The van der Waals surface area contributed by atoms with E-state index in [1.807, 2.05) is 11.8 Å². The molecule has 1 aliphatic carbocycles. The number of benzene rings is 2. The Morgan fingerprint density at radius 3 is 2.14 bits per heavy atom. The van der Waals surface area contributed by atoms with Crippen molar-refractivity contribution < 1.29 is 14.6 Å². The van der Waals surface area contributed by atoms with E-state index in [9.17, 15) is 9.90 Å². The topological polar surface area (TPSA) is 49.8 Å². The Bertz CT molecular complexity index is 864. The maximum absolute atomic E-state index is 13.1. The number of fused-ring (bicyclic) bond motifs is 5. The van der Waals surface area contributed by atoms with Gasteiger partial charge in [0.2, 0.25) is 0 Å². The van der Waals surface area contributed by atoms with E-state index < -0.39 is 5.60 Å². The van der Waals surface area contributed by atoms with Gasteiger partial charge in [-0.3, -0.25) is 0 Å². The average molecular weight is 392 g/mol. The van der Waals surface area contributed by atoms with Crippen LogP contribution in [0.15, 0.2) is 48.5 Å². The number of amides is 1. The largest absolute Gasteiger partial charge is 0.448 e. The van der Waals surface area contributed by atoms with Gasteiger partial charge in [-0.1, -0.05) is 55.5 Å². The highest BCUT2D eigenvalue weighted by molar-refractivity contribution is 5.79. The number of piperidine rings is 2. The summed E-state index contributed by atoms with van der Waals surface area (Å²) in [6, 6.07) is 17.0. The van der Waals surface area contributed by atoms with Crippen LogP contribution in [-0.2, 0) is 4.74 Å². The van der Waals surface area contributed by atoms with E-state index in [4.69, 9.17) is 4.74 Å². The Balaban J connectivity index is 1.34. The molecule has 1 N–H and O–H groups in total. The van der Waals surface area contributed by atoms with Crippen LogP contribution in [-0.4, -0.2) is 40.4 Å². The zero-order chi connectivity index (χ0) is 20.0. The van der Waals surface area contributed by atoms with E-state index in [1.165, 1.54) is 22.3 Å². The summed E-state index contributed by atoms with van der Waals surface area (Å²) >= 11 is 0. The molecule has 0 radical (unpaired) electrons. The van der Waals surface area contributed by atoms with Gasteiger partial charge < -0.3 is 14.7 Å².